The minimum absolute atomic E-state index is 0.168. The molecule has 126 valence electrons. The maximum Gasteiger partial charge on any atom is 0.261 e. The topological polar surface area (TPSA) is 87.3 Å². The summed E-state index contributed by atoms with van der Waals surface area (Å²) in [6, 6.07) is 8.83. The fraction of sp³-hybridized carbons (Fsp3) is 0.235. The van der Waals surface area contributed by atoms with Crippen molar-refractivity contribution in [2.45, 2.75) is 20.3 Å². The lowest BCUT2D eigenvalue weighted by molar-refractivity contribution is -0.116. The van der Waals surface area contributed by atoms with E-state index in [1.807, 2.05) is 12.3 Å². The van der Waals surface area contributed by atoms with Crippen LogP contribution in [0.25, 0.3) is 0 Å². The second kappa shape index (κ2) is 8.26. The minimum atomic E-state index is -0.204. The van der Waals surface area contributed by atoms with Gasteiger partial charge in [-0.3, -0.25) is 14.4 Å². The molecular weight excluding hydrogens is 326 g/mol. The predicted molar refractivity (Wildman–Crippen MR) is 95.4 cm³/mol. The van der Waals surface area contributed by atoms with E-state index in [1.165, 1.54) is 18.3 Å². The van der Waals surface area contributed by atoms with Gasteiger partial charge >= 0.3 is 0 Å². The highest BCUT2D eigenvalue weighted by Gasteiger charge is 2.10. The van der Waals surface area contributed by atoms with Crippen LogP contribution in [0.5, 0.6) is 0 Å². The highest BCUT2D eigenvalue weighted by Crippen LogP contribution is 2.23. The third-order valence-electron chi connectivity index (χ3n) is 3.30. The van der Waals surface area contributed by atoms with E-state index in [2.05, 4.69) is 16.0 Å². The Hall–Kier alpha value is -2.67. The molecule has 0 saturated heterocycles. The Kier molecular flexibility index (Phi) is 6.08. The number of anilines is 2. The SMILES string of the molecule is CC(=O)Nc1cccc(NC(=O)CCNC(=O)c2cccs2)c1C. The number of nitrogens with one attached hydrogen (secondary N) is 3. The first-order valence-electron chi connectivity index (χ1n) is 7.46. The van der Waals surface area contributed by atoms with Crippen molar-refractivity contribution in [1.29, 1.82) is 0 Å². The molecule has 0 saturated carbocycles. The lowest BCUT2D eigenvalue weighted by Gasteiger charge is -2.13. The van der Waals surface area contributed by atoms with Crippen LogP contribution in [-0.2, 0) is 9.59 Å². The second-order valence-corrected chi connectivity index (χ2v) is 6.14. The molecule has 0 aliphatic carbocycles. The van der Waals surface area contributed by atoms with Crippen LogP contribution in [-0.4, -0.2) is 24.3 Å². The van der Waals surface area contributed by atoms with Crippen LogP contribution in [0.1, 0.15) is 28.6 Å². The maximum absolute atomic E-state index is 12.0. The van der Waals surface area contributed by atoms with Gasteiger partial charge in [-0.25, -0.2) is 0 Å². The van der Waals surface area contributed by atoms with Crippen LogP contribution < -0.4 is 16.0 Å². The Labute approximate surface area is 144 Å². The molecule has 0 bridgehead atoms. The van der Waals surface area contributed by atoms with Crippen molar-refractivity contribution in [3.8, 4) is 0 Å². The molecule has 0 spiro atoms. The molecule has 3 N–H and O–H groups in total. The third-order valence-corrected chi connectivity index (χ3v) is 4.17. The van der Waals surface area contributed by atoms with E-state index in [0.717, 1.165) is 5.56 Å². The van der Waals surface area contributed by atoms with Gasteiger partial charge in [0, 0.05) is 31.3 Å². The summed E-state index contributed by atoms with van der Waals surface area (Å²) in [5.74, 6) is -0.552. The molecular formula is C17H19N3O3S. The van der Waals surface area contributed by atoms with E-state index in [4.69, 9.17) is 0 Å². The lowest BCUT2D eigenvalue weighted by atomic mass is 10.1. The van der Waals surface area contributed by atoms with Gasteiger partial charge in [-0.05, 0) is 36.1 Å². The van der Waals surface area contributed by atoms with E-state index < -0.39 is 0 Å². The molecule has 3 amide bonds. The zero-order valence-electron chi connectivity index (χ0n) is 13.5. The van der Waals surface area contributed by atoms with Gasteiger partial charge in [-0.2, -0.15) is 0 Å². The summed E-state index contributed by atoms with van der Waals surface area (Å²) in [5.41, 5.74) is 2.07. The summed E-state index contributed by atoms with van der Waals surface area (Å²) in [6.45, 7) is 3.51. The number of carbonyl (C=O) groups excluding carboxylic acids is 3. The molecule has 1 heterocycles. The molecule has 2 rings (SSSR count). The van der Waals surface area contributed by atoms with E-state index in [-0.39, 0.29) is 30.7 Å². The van der Waals surface area contributed by atoms with Crippen molar-refractivity contribution in [2.24, 2.45) is 0 Å². The monoisotopic (exact) mass is 345 g/mol. The van der Waals surface area contributed by atoms with Crippen molar-refractivity contribution >= 4 is 40.4 Å². The van der Waals surface area contributed by atoms with Crippen molar-refractivity contribution in [1.82, 2.24) is 5.32 Å². The van der Waals surface area contributed by atoms with E-state index in [9.17, 15) is 14.4 Å². The molecule has 2 aromatic rings. The summed E-state index contributed by atoms with van der Waals surface area (Å²) in [6.07, 6.45) is 0.168. The maximum atomic E-state index is 12.0. The number of hydrogen-bond acceptors (Lipinski definition) is 4. The van der Waals surface area contributed by atoms with Gasteiger partial charge < -0.3 is 16.0 Å². The second-order valence-electron chi connectivity index (χ2n) is 5.19. The van der Waals surface area contributed by atoms with Gasteiger partial charge in [0.1, 0.15) is 0 Å². The van der Waals surface area contributed by atoms with Crippen LogP contribution in [0.3, 0.4) is 0 Å². The van der Waals surface area contributed by atoms with Gasteiger partial charge in [0.15, 0.2) is 0 Å². The predicted octanol–water partition coefficient (Wildman–Crippen LogP) is 2.77. The fourth-order valence-electron chi connectivity index (χ4n) is 2.09. The highest BCUT2D eigenvalue weighted by molar-refractivity contribution is 7.12. The Morgan fingerprint density at radius 3 is 2.38 bits per heavy atom. The third kappa shape index (κ3) is 4.92. The van der Waals surface area contributed by atoms with E-state index in [0.29, 0.717) is 16.3 Å². The van der Waals surface area contributed by atoms with Gasteiger partial charge in [-0.1, -0.05) is 12.1 Å². The van der Waals surface area contributed by atoms with Gasteiger partial charge in [-0.15, -0.1) is 11.3 Å². The number of hydrogen-bond donors (Lipinski definition) is 3. The molecule has 0 radical (unpaired) electrons. The Balaban J connectivity index is 1.86. The molecule has 0 fully saturated rings. The van der Waals surface area contributed by atoms with Crippen LogP contribution in [0, 0.1) is 6.92 Å². The van der Waals surface area contributed by atoms with Gasteiger partial charge in [0.05, 0.1) is 4.88 Å². The number of benzene rings is 1. The summed E-state index contributed by atoms with van der Waals surface area (Å²) >= 11 is 1.35. The first-order valence-corrected chi connectivity index (χ1v) is 8.34. The Morgan fingerprint density at radius 1 is 1.04 bits per heavy atom. The first kappa shape index (κ1) is 17.7. The standard InChI is InChI=1S/C17H19N3O3S/c1-11-13(19-12(2)21)5-3-6-14(11)20-16(22)8-9-18-17(23)15-7-4-10-24-15/h3-7,10H,8-9H2,1-2H3,(H,18,23)(H,19,21)(H,20,22). The summed E-state index contributed by atoms with van der Waals surface area (Å²) in [4.78, 5) is 35.6. The van der Waals surface area contributed by atoms with Crippen LogP contribution in [0.4, 0.5) is 11.4 Å². The molecule has 0 unspecified atom stereocenters. The summed E-state index contributed by atoms with van der Waals surface area (Å²) in [5, 5.41) is 10.0. The zero-order chi connectivity index (χ0) is 17.5. The molecule has 1 aromatic heterocycles. The zero-order valence-corrected chi connectivity index (χ0v) is 14.3. The average molecular weight is 345 g/mol. The molecule has 7 heteroatoms. The van der Waals surface area contributed by atoms with Crippen molar-refractivity contribution < 1.29 is 14.4 Å². The van der Waals surface area contributed by atoms with Crippen LogP contribution in [0.15, 0.2) is 35.7 Å². The molecule has 24 heavy (non-hydrogen) atoms. The molecule has 0 aliphatic heterocycles. The first-order chi connectivity index (χ1) is 11.5. The Bertz CT molecular complexity index is 742. The van der Waals surface area contributed by atoms with Crippen LogP contribution >= 0.6 is 11.3 Å². The van der Waals surface area contributed by atoms with Crippen molar-refractivity contribution in [3.05, 3.63) is 46.2 Å². The highest BCUT2D eigenvalue weighted by atomic mass is 32.1. The van der Waals surface area contributed by atoms with E-state index >= 15 is 0 Å². The van der Waals surface area contributed by atoms with Crippen LogP contribution in [0.2, 0.25) is 0 Å². The van der Waals surface area contributed by atoms with Gasteiger partial charge in [0.2, 0.25) is 11.8 Å². The van der Waals surface area contributed by atoms with Crippen molar-refractivity contribution in [2.75, 3.05) is 17.2 Å². The minimum Gasteiger partial charge on any atom is -0.351 e. The molecule has 1 aromatic carbocycles. The fourth-order valence-corrected chi connectivity index (χ4v) is 2.73. The number of amides is 3. The Morgan fingerprint density at radius 2 is 1.75 bits per heavy atom. The largest absolute Gasteiger partial charge is 0.351 e. The average Bonchev–Trinajstić information content (AvgIpc) is 3.05. The number of rotatable bonds is 6. The van der Waals surface area contributed by atoms with E-state index in [1.54, 1.807) is 30.3 Å². The molecule has 0 aliphatic rings. The lowest BCUT2D eigenvalue weighted by Crippen LogP contribution is -2.27. The summed E-state index contributed by atoms with van der Waals surface area (Å²) in [7, 11) is 0. The van der Waals surface area contributed by atoms with Crippen molar-refractivity contribution in [3.63, 3.8) is 0 Å². The number of thiophene rings is 1. The molecule has 0 atom stereocenters. The quantitative estimate of drug-likeness (QED) is 0.752. The normalized spacial score (nSPS) is 10.1. The smallest absolute Gasteiger partial charge is 0.261 e. The number of carbonyl (C=O) groups is 3. The van der Waals surface area contributed by atoms with Gasteiger partial charge in [0.25, 0.3) is 5.91 Å². The summed E-state index contributed by atoms with van der Waals surface area (Å²) < 4.78 is 0. The molecule has 6 nitrogen and oxygen atoms in total.